The molecule has 0 radical (unpaired) electrons. The highest BCUT2D eigenvalue weighted by Crippen LogP contribution is 2.47. The van der Waals surface area contributed by atoms with E-state index in [1.165, 1.54) is 31.7 Å². The van der Waals surface area contributed by atoms with Crippen LogP contribution in [0.1, 0.15) is 52.0 Å². The van der Waals surface area contributed by atoms with E-state index in [1.807, 2.05) is 18.9 Å². The van der Waals surface area contributed by atoms with Gasteiger partial charge in [0, 0.05) is 18.7 Å². The van der Waals surface area contributed by atoms with Gasteiger partial charge in [0.2, 0.25) is 0 Å². The Morgan fingerprint density at radius 3 is 2.10 bits per heavy atom. The maximum Gasteiger partial charge on any atom is 0.335 e. The molecular weight excluding hydrogens is 266 g/mol. The van der Waals surface area contributed by atoms with Gasteiger partial charge >= 0.3 is 5.97 Å². The lowest BCUT2D eigenvalue weighted by Crippen LogP contribution is -2.40. The lowest BCUT2D eigenvalue weighted by molar-refractivity contribution is 0.0689. The highest BCUT2D eigenvalue weighted by Gasteiger charge is 2.45. The number of amides is 1. The third-order valence-corrected chi connectivity index (χ3v) is 4.55. The molecule has 2 aliphatic rings. The summed E-state index contributed by atoms with van der Waals surface area (Å²) in [6, 6.07) is 5.21. The number of hydrogen-bond donors (Lipinski definition) is 1. The molecular formula is C17H21NO3. The number of aryl methyl sites for hydroxylation is 1. The van der Waals surface area contributed by atoms with E-state index in [9.17, 15) is 9.59 Å². The van der Waals surface area contributed by atoms with Crippen molar-refractivity contribution in [2.24, 2.45) is 11.8 Å². The molecule has 0 spiro atoms. The Morgan fingerprint density at radius 1 is 1.10 bits per heavy atom. The van der Waals surface area contributed by atoms with Gasteiger partial charge in [0.15, 0.2) is 0 Å². The molecule has 4 nitrogen and oxygen atoms in total. The van der Waals surface area contributed by atoms with E-state index < -0.39 is 5.97 Å². The number of carbonyl (C=O) groups is 2. The van der Waals surface area contributed by atoms with E-state index in [1.54, 1.807) is 12.1 Å². The maximum absolute atomic E-state index is 12.7. The second-order valence-corrected chi connectivity index (χ2v) is 6.47. The maximum atomic E-state index is 12.7. The van der Waals surface area contributed by atoms with E-state index in [4.69, 9.17) is 5.11 Å². The van der Waals surface area contributed by atoms with Crippen molar-refractivity contribution in [3.63, 3.8) is 0 Å². The van der Waals surface area contributed by atoms with Crippen LogP contribution in [0.4, 0.5) is 0 Å². The van der Waals surface area contributed by atoms with Crippen LogP contribution < -0.4 is 0 Å². The first kappa shape index (κ1) is 14.1. The van der Waals surface area contributed by atoms with Crippen LogP contribution in [0, 0.1) is 18.8 Å². The summed E-state index contributed by atoms with van der Waals surface area (Å²) in [6.45, 7) is 1.82. The standard InChI is InChI=1S/C17H21NO3/c1-10-7-13(9-14(8-10)17(20)21)16(19)18(2)15(11-3-4-11)12-5-6-12/h7-9,11-12,15H,3-6H2,1-2H3,(H,20,21). The monoisotopic (exact) mass is 287 g/mol. The van der Waals surface area contributed by atoms with Crippen molar-refractivity contribution in [1.82, 2.24) is 4.90 Å². The number of hydrogen-bond acceptors (Lipinski definition) is 2. The molecule has 4 heteroatoms. The minimum absolute atomic E-state index is 0.0509. The lowest BCUT2D eigenvalue weighted by Gasteiger charge is -2.28. The number of carboxylic acids is 1. The quantitative estimate of drug-likeness (QED) is 0.905. The first-order valence-electron chi connectivity index (χ1n) is 7.59. The number of carboxylic acid groups (broad SMARTS) is 1. The second kappa shape index (κ2) is 5.17. The molecule has 1 aromatic carbocycles. The third-order valence-electron chi connectivity index (χ3n) is 4.55. The Labute approximate surface area is 124 Å². The molecule has 1 aromatic rings. The summed E-state index contributed by atoms with van der Waals surface area (Å²) in [5.41, 5.74) is 1.48. The van der Waals surface area contributed by atoms with Crippen LogP contribution in [0.15, 0.2) is 18.2 Å². The fourth-order valence-corrected chi connectivity index (χ4v) is 3.26. The van der Waals surface area contributed by atoms with Crippen LogP contribution >= 0.6 is 0 Å². The van der Waals surface area contributed by atoms with Gasteiger partial charge in [-0.3, -0.25) is 4.79 Å². The van der Waals surface area contributed by atoms with Gasteiger partial charge in [-0.15, -0.1) is 0 Å². The van der Waals surface area contributed by atoms with Crippen LogP contribution in [-0.4, -0.2) is 35.0 Å². The Morgan fingerprint density at radius 2 is 1.62 bits per heavy atom. The molecule has 1 amide bonds. The number of benzene rings is 1. The molecule has 2 saturated carbocycles. The molecule has 0 aliphatic heterocycles. The fraction of sp³-hybridized carbons (Fsp3) is 0.529. The molecule has 1 N–H and O–H groups in total. The molecule has 0 unspecified atom stereocenters. The average Bonchev–Trinajstić information content (AvgIpc) is 3.31. The number of nitrogens with zero attached hydrogens (tertiary/aromatic N) is 1. The van der Waals surface area contributed by atoms with Crippen molar-refractivity contribution in [2.75, 3.05) is 7.05 Å². The van der Waals surface area contributed by atoms with Gasteiger partial charge in [0.25, 0.3) is 5.91 Å². The number of carbonyl (C=O) groups excluding carboxylic acids is 1. The molecule has 0 aromatic heterocycles. The summed E-state index contributed by atoms with van der Waals surface area (Å²) in [6.07, 6.45) is 4.86. The third kappa shape index (κ3) is 2.94. The van der Waals surface area contributed by atoms with Gasteiger partial charge in [-0.05, 0) is 68.2 Å². The summed E-state index contributed by atoms with van der Waals surface area (Å²) in [7, 11) is 1.87. The minimum Gasteiger partial charge on any atom is -0.478 e. The van der Waals surface area contributed by atoms with E-state index in [0.717, 1.165) is 5.56 Å². The molecule has 0 atom stereocenters. The van der Waals surface area contributed by atoms with Crippen LogP contribution in [0.2, 0.25) is 0 Å². The summed E-state index contributed by atoms with van der Waals surface area (Å²) < 4.78 is 0. The minimum atomic E-state index is -0.990. The Hall–Kier alpha value is -1.84. The van der Waals surface area contributed by atoms with Gasteiger partial charge in [0.05, 0.1) is 5.56 Å². The average molecular weight is 287 g/mol. The number of aromatic carboxylic acids is 1. The van der Waals surface area contributed by atoms with Crippen LogP contribution in [0.3, 0.4) is 0 Å². The Balaban J connectivity index is 1.85. The smallest absolute Gasteiger partial charge is 0.335 e. The summed E-state index contributed by atoms with van der Waals surface area (Å²) in [5.74, 6) is 0.256. The zero-order chi connectivity index (χ0) is 15.1. The topological polar surface area (TPSA) is 57.6 Å². The SMILES string of the molecule is Cc1cc(C(=O)O)cc(C(=O)N(C)C(C2CC2)C2CC2)c1. The van der Waals surface area contributed by atoms with E-state index >= 15 is 0 Å². The number of rotatable bonds is 5. The van der Waals surface area contributed by atoms with Crippen LogP contribution in [-0.2, 0) is 0 Å². The molecule has 0 bridgehead atoms. The van der Waals surface area contributed by atoms with E-state index in [-0.39, 0.29) is 11.5 Å². The first-order valence-corrected chi connectivity index (χ1v) is 7.59. The van der Waals surface area contributed by atoms with E-state index in [2.05, 4.69) is 0 Å². The zero-order valence-corrected chi connectivity index (χ0v) is 12.5. The highest BCUT2D eigenvalue weighted by molar-refractivity contribution is 5.98. The van der Waals surface area contributed by atoms with E-state index in [0.29, 0.717) is 23.4 Å². The molecule has 2 fully saturated rings. The summed E-state index contributed by atoms with van der Waals surface area (Å²) in [5, 5.41) is 9.13. The lowest BCUT2D eigenvalue weighted by atomic mass is 10.0. The van der Waals surface area contributed by atoms with Crippen molar-refractivity contribution in [2.45, 2.75) is 38.6 Å². The van der Waals surface area contributed by atoms with Gasteiger partial charge in [0.1, 0.15) is 0 Å². The molecule has 3 rings (SSSR count). The summed E-state index contributed by atoms with van der Waals surface area (Å²) >= 11 is 0. The highest BCUT2D eigenvalue weighted by atomic mass is 16.4. The first-order chi connectivity index (χ1) is 9.97. The molecule has 0 heterocycles. The van der Waals surface area contributed by atoms with Crippen molar-refractivity contribution in [3.05, 3.63) is 34.9 Å². The van der Waals surface area contributed by atoms with Gasteiger partial charge < -0.3 is 10.0 Å². The largest absolute Gasteiger partial charge is 0.478 e. The predicted octanol–water partition coefficient (Wildman–Crippen LogP) is 2.95. The second-order valence-electron chi connectivity index (χ2n) is 6.47. The molecule has 112 valence electrons. The van der Waals surface area contributed by atoms with Gasteiger partial charge in [-0.1, -0.05) is 0 Å². The zero-order valence-electron chi connectivity index (χ0n) is 12.5. The van der Waals surface area contributed by atoms with Crippen molar-refractivity contribution < 1.29 is 14.7 Å². The van der Waals surface area contributed by atoms with Crippen molar-refractivity contribution >= 4 is 11.9 Å². The summed E-state index contributed by atoms with van der Waals surface area (Å²) in [4.78, 5) is 25.7. The van der Waals surface area contributed by atoms with Gasteiger partial charge in [-0.25, -0.2) is 4.79 Å². The van der Waals surface area contributed by atoms with Gasteiger partial charge in [-0.2, -0.15) is 0 Å². The van der Waals surface area contributed by atoms with Crippen LogP contribution in [0.25, 0.3) is 0 Å². The normalized spacial score (nSPS) is 17.9. The molecule has 2 aliphatic carbocycles. The predicted molar refractivity (Wildman–Crippen MR) is 79.5 cm³/mol. The van der Waals surface area contributed by atoms with Crippen LogP contribution in [0.5, 0.6) is 0 Å². The van der Waals surface area contributed by atoms with Crippen molar-refractivity contribution in [1.29, 1.82) is 0 Å². The molecule has 21 heavy (non-hydrogen) atoms. The Kier molecular flexibility index (Phi) is 3.47. The molecule has 0 saturated heterocycles. The Bertz CT molecular complexity index is 576. The van der Waals surface area contributed by atoms with Crippen molar-refractivity contribution in [3.8, 4) is 0 Å². The fourth-order valence-electron chi connectivity index (χ4n) is 3.26.